The van der Waals surface area contributed by atoms with Gasteiger partial charge in [-0.1, -0.05) is 41.4 Å². The number of hydrogen-bond donors (Lipinski definition) is 1. The van der Waals surface area contributed by atoms with Gasteiger partial charge >= 0.3 is 0 Å². The van der Waals surface area contributed by atoms with Crippen molar-refractivity contribution in [1.82, 2.24) is 0 Å². The quantitative estimate of drug-likeness (QED) is 0.916. The summed E-state index contributed by atoms with van der Waals surface area (Å²) in [4.78, 5) is 0. The van der Waals surface area contributed by atoms with Gasteiger partial charge in [-0.3, -0.25) is 4.72 Å². The average Bonchev–Trinajstić information content (AvgIpc) is 2.36. The van der Waals surface area contributed by atoms with Gasteiger partial charge in [0.2, 0.25) is 10.0 Å². The Morgan fingerprint density at radius 3 is 2.05 bits per heavy atom. The third-order valence-corrected chi connectivity index (χ3v) is 4.69. The third kappa shape index (κ3) is 4.22. The molecule has 112 valence electrons. The number of nitrogens with one attached hydrogen (secondary N) is 1. The van der Waals surface area contributed by atoms with Crippen molar-refractivity contribution in [3.63, 3.8) is 0 Å². The summed E-state index contributed by atoms with van der Waals surface area (Å²) in [6.45, 7) is 5.80. The molecule has 5 heteroatoms. The third-order valence-electron chi connectivity index (χ3n) is 3.20. The summed E-state index contributed by atoms with van der Waals surface area (Å²) >= 11 is 5.80. The maximum atomic E-state index is 12.3. The van der Waals surface area contributed by atoms with Crippen LogP contribution < -0.4 is 4.72 Å². The molecule has 0 spiro atoms. The number of rotatable bonds is 4. The summed E-state index contributed by atoms with van der Waals surface area (Å²) in [7, 11) is -3.45. The highest BCUT2D eigenvalue weighted by Crippen LogP contribution is 2.24. The standard InChI is InChI=1S/C16H18ClNO2S/c1-11-8-12(2)16(13(3)9-11)18-21(19,20)10-14-4-6-15(17)7-5-14/h4-9,18H,10H2,1-3H3. The van der Waals surface area contributed by atoms with Gasteiger partial charge in [-0.25, -0.2) is 8.42 Å². The average molecular weight is 324 g/mol. The number of anilines is 1. The molecule has 0 aliphatic heterocycles. The molecular formula is C16H18ClNO2S. The fraction of sp³-hybridized carbons (Fsp3) is 0.250. The van der Waals surface area contributed by atoms with Crippen LogP contribution in [-0.2, 0) is 15.8 Å². The molecule has 0 aromatic heterocycles. The lowest BCUT2D eigenvalue weighted by molar-refractivity contribution is 0.600. The number of benzene rings is 2. The van der Waals surface area contributed by atoms with Crippen molar-refractivity contribution in [3.8, 4) is 0 Å². The molecule has 2 aromatic carbocycles. The van der Waals surface area contributed by atoms with E-state index in [0.717, 1.165) is 16.7 Å². The molecule has 0 aliphatic rings. The summed E-state index contributed by atoms with van der Waals surface area (Å²) in [5.74, 6) is -0.0725. The van der Waals surface area contributed by atoms with E-state index in [2.05, 4.69) is 4.72 Å². The summed E-state index contributed by atoms with van der Waals surface area (Å²) in [6, 6.07) is 10.7. The zero-order chi connectivity index (χ0) is 15.6. The Kier molecular flexibility index (Phi) is 4.59. The van der Waals surface area contributed by atoms with Gasteiger partial charge < -0.3 is 0 Å². The van der Waals surface area contributed by atoms with Crippen molar-refractivity contribution in [1.29, 1.82) is 0 Å². The first-order valence-electron chi connectivity index (χ1n) is 6.59. The molecule has 2 rings (SSSR count). The molecule has 0 saturated heterocycles. The van der Waals surface area contributed by atoms with Gasteiger partial charge in [0.25, 0.3) is 0 Å². The van der Waals surface area contributed by atoms with E-state index in [1.807, 2.05) is 32.9 Å². The Morgan fingerprint density at radius 1 is 1.00 bits per heavy atom. The van der Waals surface area contributed by atoms with Crippen molar-refractivity contribution < 1.29 is 8.42 Å². The summed E-state index contributed by atoms with van der Waals surface area (Å²) in [6.07, 6.45) is 0. The maximum Gasteiger partial charge on any atom is 0.236 e. The highest BCUT2D eigenvalue weighted by molar-refractivity contribution is 7.91. The van der Waals surface area contributed by atoms with Gasteiger partial charge in [0.15, 0.2) is 0 Å². The van der Waals surface area contributed by atoms with Crippen LogP contribution >= 0.6 is 11.6 Å². The van der Waals surface area contributed by atoms with Gasteiger partial charge in [-0.15, -0.1) is 0 Å². The maximum absolute atomic E-state index is 12.3. The van der Waals surface area contributed by atoms with Crippen LogP contribution in [0.15, 0.2) is 36.4 Å². The van der Waals surface area contributed by atoms with Gasteiger partial charge in [-0.05, 0) is 49.6 Å². The Morgan fingerprint density at radius 2 is 1.52 bits per heavy atom. The second-order valence-electron chi connectivity index (χ2n) is 5.26. The smallest absolute Gasteiger partial charge is 0.236 e. The van der Waals surface area contributed by atoms with E-state index in [-0.39, 0.29) is 5.75 Å². The van der Waals surface area contributed by atoms with Crippen LogP contribution in [0.25, 0.3) is 0 Å². The van der Waals surface area contributed by atoms with E-state index >= 15 is 0 Å². The first-order valence-corrected chi connectivity index (χ1v) is 8.62. The van der Waals surface area contributed by atoms with E-state index in [0.29, 0.717) is 16.3 Å². The predicted octanol–water partition coefficient (Wildman–Crippen LogP) is 4.21. The van der Waals surface area contributed by atoms with Crippen molar-refractivity contribution in [2.24, 2.45) is 0 Å². The second-order valence-corrected chi connectivity index (χ2v) is 7.42. The zero-order valence-electron chi connectivity index (χ0n) is 12.3. The van der Waals surface area contributed by atoms with Crippen LogP contribution in [0.3, 0.4) is 0 Å². The zero-order valence-corrected chi connectivity index (χ0v) is 13.8. The van der Waals surface area contributed by atoms with Crippen LogP contribution in [0.4, 0.5) is 5.69 Å². The molecule has 1 N–H and O–H groups in total. The lowest BCUT2D eigenvalue weighted by atomic mass is 10.1. The highest BCUT2D eigenvalue weighted by atomic mass is 35.5. The molecule has 3 nitrogen and oxygen atoms in total. The lowest BCUT2D eigenvalue weighted by Crippen LogP contribution is -2.16. The van der Waals surface area contributed by atoms with Crippen molar-refractivity contribution in [2.45, 2.75) is 26.5 Å². The molecule has 0 radical (unpaired) electrons. The van der Waals surface area contributed by atoms with Crippen LogP contribution in [0.5, 0.6) is 0 Å². The molecular weight excluding hydrogens is 306 g/mol. The summed E-state index contributed by atoms with van der Waals surface area (Å²) in [5, 5.41) is 0.592. The monoisotopic (exact) mass is 323 g/mol. The minimum absolute atomic E-state index is 0.0725. The van der Waals surface area contributed by atoms with Gasteiger partial charge in [-0.2, -0.15) is 0 Å². The van der Waals surface area contributed by atoms with Crippen molar-refractivity contribution >= 4 is 27.3 Å². The topological polar surface area (TPSA) is 46.2 Å². The second kappa shape index (κ2) is 6.08. The van der Waals surface area contributed by atoms with E-state index < -0.39 is 10.0 Å². The van der Waals surface area contributed by atoms with Crippen LogP contribution in [0.1, 0.15) is 22.3 Å². The van der Waals surface area contributed by atoms with E-state index in [9.17, 15) is 8.42 Å². The molecule has 0 saturated carbocycles. The molecule has 0 aliphatic carbocycles. The fourth-order valence-corrected chi connectivity index (χ4v) is 3.80. The summed E-state index contributed by atoms with van der Waals surface area (Å²) < 4.78 is 27.3. The first kappa shape index (κ1) is 15.9. The van der Waals surface area contributed by atoms with Crippen LogP contribution in [0, 0.1) is 20.8 Å². The molecule has 0 atom stereocenters. The number of halogens is 1. The number of sulfonamides is 1. The largest absolute Gasteiger partial charge is 0.283 e. The normalized spacial score (nSPS) is 11.4. The molecule has 0 bridgehead atoms. The van der Waals surface area contributed by atoms with Gasteiger partial charge in [0, 0.05) is 5.02 Å². The highest BCUT2D eigenvalue weighted by Gasteiger charge is 2.15. The molecule has 21 heavy (non-hydrogen) atoms. The lowest BCUT2D eigenvalue weighted by Gasteiger charge is -2.14. The Hall–Kier alpha value is -1.52. The molecule has 0 heterocycles. The molecule has 0 amide bonds. The van der Waals surface area contributed by atoms with Gasteiger partial charge in [0.1, 0.15) is 0 Å². The minimum Gasteiger partial charge on any atom is -0.283 e. The molecule has 0 fully saturated rings. The Bertz CT molecular complexity index is 729. The Labute approximate surface area is 131 Å². The van der Waals surface area contributed by atoms with Crippen molar-refractivity contribution in [3.05, 3.63) is 63.7 Å². The minimum atomic E-state index is -3.45. The van der Waals surface area contributed by atoms with Crippen LogP contribution in [-0.4, -0.2) is 8.42 Å². The first-order chi connectivity index (χ1) is 9.77. The summed E-state index contributed by atoms with van der Waals surface area (Å²) in [5.41, 5.74) is 4.33. The fourth-order valence-electron chi connectivity index (χ4n) is 2.33. The predicted molar refractivity (Wildman–Crippen MR) is 88.4 cm³/mol. The number of hydrogen-bond acceptors (Lipinski definition) is 2. The van der Waals surface area contributed by atoms with Gasteiger partial charge in [0.05, 0.1) is 11.4 Å². The van der Waals surface area contributed by atoms with Crippen LogP contribution in [0.2, 0.25) is 5.02 Å². The number of aryl methyl sites for hydroxylation is 3. The van der Waals surface area contributed by atoms with Crippen molar-refractivity contribution in [2.75, 3.05) is 4.72 Å². The molecule has 2 aromatic rings. The van der Waals surface area contributed by atoms with E-state index in [1.165, 1.54) is 0 Å². The van der Waals surface area contributed by atoms with E-state index in [4.69, 9.17) is 11.6 Å². The Balaban J connectivity index is 2.24. The molecule has 0 unspecified atom stereocenters. The SMILES string of the molecule is Cc1cc(C)c(NS(=O)(=O)Cc2ccc(Cl)cc2)c(C)c1. The van der Waals surface area contributed by atoms with E-state index in [1.54, 1.807) is 24.3 Å².